The lowest BCUT2D eigenvalue weighted by Gasteiger charge is -2.04. The summed E-state index contributed by atoms with van der Waals surface area (Å²) in [6.45, 7) is 10.9. The highest BCUT2D eigenvalue weighted by Gasteiger charge is 2.08. The number of esters is 1. The summed E-state index contributed by atoms with van der Waals surface area (Å²) in [6, 6.07) is 0. The van der Waals surface area contributed by atoms with Gasteiger partial charge in [-0.2, -0.15) is 0 Å². The lowest BCUT2D eigenvalue weighted by Crippen LogP contribution is -2.16. The van der Waals surface area contributed by atoms with E-state index in [2.05, 4.69) is 38.0 Å². The minimum Gasteiger partial charge on any atom is -0.463 e. The van der Waals surface area contributed by atoms with Crippen molar-refractivity contribution in [3.8, 4) is 11.5 Å². The summed E-state index contributed by atoms with van der Waals surface area (Å²) < 4.78 is 4.88. The zero-order chi connectivity index (χ0) is 12.6. The van der Waals surface area contributed by atoms with Gasteiger partial charge < -0.3 is 4.74 Å². The van der Waals surface area contributed by atoms with E-state index in [1.807, 2.05) is 0 Å². The molecule has 2 nitrogen and oxygen atoms in total. The van der Waals surface area contributed by atoms with Gasteiger partial charge in [-0.05, 0) is 13.3 Å². The first-order valence-electron chi connectivity index (χ1n) is 5.79. The summed E-state index contributed by atoms with van der Waals surface area (Å²) in [4.78, 5) is 11.3. The molecule has 0 rings (SSSR count). The Bertz CT molecular complexity index is 313. The fraction of sp³-hybridized carbons (Fsp3) is 0.615. The Morgan fingerprint density at radius 1 is 1.31 bits per heavy atom. The molecule has 0 amide bonds. The molecule has 0 bridgehead atoms. The van der Waals surface area contributed by atoms with Gasteiger partial charge in [-0.25, -0.2) is 4.79 Å². The monoisotopic (exact) mass is 238 g/mol. The van der Waals surface area contributed by atoms with Crippen LogP contribution in [0.5, 0.6) is 0 Å². The molecule has 0 fully saturated rings. The second-order valence-corrected chi connectivity index (χ2v) is 9.42. The molecular weight excluding hydrogens is 216 g/mol. The molecule has 0 aromatic heterocycles. The number of carbonyl (C=O) groups excluding carboxylic acids is 1. The van der Waals surface area contributed by atoms with Crippen LogP contribution in [-0.2, 0) is 9.53 Å². The molecule has 0 aromatic rings. The number of hydrogen-bond donors (Lipinski definition) is 0. The van der Waals surface area contributed by atoms with Crippen LogP contribution < -0.4 is 0 Å². The van der Waals surface area contributed by atoms with Gasteiger partial charge in [0.1, 0.15) is 8.07 Å². The van der Waals surface area contributed by atoms with E-state index in [0.29, 0.717) is 6.61 Å². The van der Waals surface area contributed by atoms with Crippen molar-refractivity contribution in [2.45, 2.75) is 46.3 Å². The normalized spacial score (nSPS) is 11.7. The molecule has 0 unspecified atom stereocenters. The quantitative estimate of drug-likeness (QED) is 0.325. The molecule has 0 N–H and O–H groups in total. The minimum absolute atomic E-state index is 0.282. The van der Waals surface area contributed by atoms with Crippen LogP contribution in [-0.4, -0.2) is 20.7 Å². The first-order valence-corrected chi connectivity index (χ1v) is 9.29. The standard InChI is InChI=1S/C13H22O2Si/c1-6-8-12(9-10-16(3,4)5)11-13(14)15-7-2/h11H,6-8H2,1-5H3/b12-11+. The van der Waals surface area contributed by atoms with E-state index in [-0.39, 0.29) is 5.97 Å². The van der Waals surface area contributed by atoms with Gasteiger partial charge in [-0.15, -0.1) is 5.54 Å². The van der Waals surface area contributed by atoms with Crippen molar-refractivity contribution < 1.29 is 9.53 Å². The van der Waals surface area contributed by atoms with E-state index in [1.54, 1.807) is 6.92 Å². The van der Waals surface area contributed by atoms with Crippen LogP contribution >= 0.6 is 0 Å². The molecule has 3 heteroatoms. The average molecular weight is 238 g/mol. The van der Waals surface area contributed by atoms with Crippen molar-refractivity contribution in [1.82, 2.24) is 0 Å². The van der Waals surface area contributed by atoms with Gasteiger partial charge in [-0.1, -0.05) is 38.9 Å². The third-order valence-corrected chi connectivity index (χ3v) is 2.57. The van der Waals surface area contributed by atoms with Gasteiger partial charge in [0.2, 0.25) is 0 Å². The summed E-state index contributed by atoms with van der Waals surface area (Å²) in [5, 5.41) is 0. The van der Waals surface area contributed by atoms with Crippen LogP contribution in [0.1, 0.15) is 26.7 Å². The largest absolute Gasteiger partial charge is 0.463 e. The van der Waals surface area contributed by atoms with Crippen molar-refractivity contribution in [2.75, 3.05) is 6.61 Å². The maximum atomic E-state index is 11.3. The molecule has 0 aliphatic rings. The van der Waals surface area contributed by atoms with Gasteiger partial charge >= 0.3 is 5.97 Å². The van der Waals surface area contributed by atoms with E-state index in [9.17, 15) is 4.79 Å². The third kappa shape index (κ3) is 8.31. The van der Waals surface area contributed by atoms with Gasteiger partial charge in [0.05, 0.1) is 6.61 Å². The molecule has 0 aromatic carbocycles. The first-order chi connectivity index (χ1) is 7.39. The molecule has 0 saturated heterocycles. The lowest BCUT2D eigenvalue weighted by atomic mass is 10.1. The summed E-state index contributed by atoms with van der Waals surface area (Å²) >= 11 is 0. The van der Waals surface area contributed by atoms with Crippen LogP contribution in [0.15, 0.2) is 11.6 Å². The lowest BCUT2D eigenvalue weighted by molar-refractivity contribution is -0.137. The molecule has 0 aliphatic heterocycles. The highest BCUT2D eigenvalue weighted by atomic mass is 28.3. The Hall–Kier alpha value is -1.01. The summed E-state index contributed by atoms with van der Waals surface area (Å²) in [6.07, 6.45) is 3.36. The number of allylic oxidation sites excluding steroid dienone is 1. The zero-order valence-corrected chi connectivity index (χ0v) is 12.0. The van der Waals surface area contributed by atoms with E-state index in [0.717, 1.165) is 18.4 Å². The predicted molar refractivity (Wildman–Crippen MR) is 70.7 cm³/mol. The molecule has 0 spiro atoms. The van der Waals surface area contributed by atoms with E-state index >= 15 is 0 Å². The average Bonchev–Trinajstić information content (AvgIpc) is 2.14. The molecule has 0 radical (unpaired) electrons. The molecule has 16 heavy (non-hydrogen) atoms. The van der Waals surface area contributed by atoms with Gasteiger partial charge in [-0.3, -0.25) is 0 Å². The number of hydrogen-bond acceptors (Lipinski definition) is 2. The highest BCUT2D eigenvalue weighted by Crippen LogP contribution is 2.05. The Balaban J connectivity index is 4.71. The van der Waals surface area contributed by atoms with Gasteiger partial charge in [0, 0.05) is 11.6 Å². The maximum absolute atomic E-state index is 11.3. The SMILES string of the molecule is CCC/C(C#C[Si](C)(C)C)=C\C(=O)OCC. The molecule has 0 heterocycles. The van der Waals surface area contributed by atoms with Crippen molar-refractivity contribution in [3.63, 3.8) is 0 Å². The molecule has 0 saturated carbocycles. The molecule has 0 atom stereocenters. The second kappa shape index (κ2) is 7.29. The van der Waals surface area contributed by atoms with Crippen molar-refractivity contribution >= 4 is 14.0 Å². The number of ether oxygens (including phenoxy) is 1. The Kier molecular flexibility index (Phi) is 6.83. The molecule has 90 valence electrons. The van der Waals surface area contributed by atoms with E-state index in [1.165, 1.54) is 6.08 Å². The fourth-order valence-corrected chi connectivity index (χ4v) is 1.57. The minimum atomic E-state index is -1.37. The van der Waals surface area contributed by atoms with Crippen LogP contribution in [0.4, 0.5) is 0 Å². The van der Waals surface area contributed by atoms with E-state index < -0.39 is 8.07 Å². The third-order valence-electron chi connectivity index (χ3n) is 1.70. The Morgan fingerprint density at radius 3 is 2.38 bits per heavy atom. The van der Waals surface area contributed by atoms with Crippen molar-refractivity contribution in [2.24, 2.45) is 0 Å². The first kappa shape index (κ1) is 15.0. The summed E-state index contributed by atoms with van der Waals surface area (Å²) in [5.74, 6) is 2.84. The van der Waals surface area contributed by atoms with Crippen LogP contribution in [0.3, 0.4) is 0 Å². The summed E-state index contributed by atoms with van der Waals surface area (Å²) in [7, 11) is -1.37. The number of rotatable bonds is 4. The fourth-order valence-electron chi connectivity index (χ4n) is 1.03. The second-order valence-electron chi connectivity index (χ2n) is 4.67. The van der Waals surface area contributed by atoms with Crippen LogP contribution in [0.2, 0.25) is 19.6 Å². The topological polar surface area (TPSA) is 26.3 Å². The van der Waals surface area contributed by atoms with E-state index in [4.69, 9.17) is 4.74 Å². The van der Waals surface area contributed by atoms with Crippen molar-refractivity contribution in [1.29, 1.82) is 0 Å². The number of carbonyl (C=O) groups is 1. The highest BCUT2D eigenvalue weighted by molar-refractivity contribution is 6.83. The zero-order valence-electron chi connectivity index (χ0n) is 11.0. The van der Waals surface area contributed by atoms with Gasteiger partial charge in [0.25, 0.3) is 0 Å². The van der Waals surface area contributed by atoms with Crippen LogP contribution in [0.25, 0.3) is 0 Å². The molecular formula is C13H22O2Si. The maximum Gasteiger partial charge on any atom is 0.331 e. The molecule has 0 aliphatic carbocycles. The summed E-state index contributed by atoms with van der Waals surface area (Å²) in [5.41, 5.74) is 4.16. The van der Waals surface area contributed by atoms with Crippen molar-refractivity contribution in [3.05, 3.63) is 11.6 Å². The predicted octanol–water partition coefficient (Wildman–Crippen LogP) is 3.16. The Labute approximate surface area is 100 Å². The smallest absolute Gasteiger partial charge is 0.331 e. The van der Waals surface area contributed by atoms with Gasteiger partial charge in [0.15, 0.2) is 0 Å². The Morgan fingerprint density at radius 2 is 1.94 bits per heavy atom. The van der Waals surface area contributed by atoms with Crippen LogP contribution in [0, 0.1) is 11.5 Å².